The van der Waals surface area contributed by atoms with Crippen molar-refractivity contribution in [3.63, 3.8) is 0 Å². The highest BCUT2D eigenvalue weighted by Crippen LogP contribution is 2.28. The molecule has 0 unspecified atom stereocenters. The first kappa shape index (κ1) is 18.6. The highest BCUT2D eigenvalue weighted by Gasteiger charge is 2.08. The Labute approximate surface area is 169 Å². The summed E-state index contributed by atoms with van der Waals surface area (Å²) in [6.45, 7) is 2.05. The maximum absolute atomic E-state index is 10.2. The van der Waals surface area contributed by atoms with Crippen molar-refractivity contribution < 1.29 is 5.11 Å². The monoisotopic (exact) mass is 379 g/mol. The predicted molar refractivity (Wildman–Crippen MR) is 119 cm³/mol. The number of phenols is 1. The van der Waals surface area contributed by atoms with E-state index in [4.69, 9.17) is 0 Å². The zero-order valence-electron chi connectivity index (χ0n) is 16.1. The maximum atomic E-state index is 10.2. The second kappa shape index (κ2) is 8.48. The van der Waals surface area contributed by atoms with Gasteiger partial charge in [-0.25, -0.2) is 0 Å². The van der Waals surface area contributed by atoms with Gasteiger partial charge in [0.15, 0.2) is 0 Å². The lowest BCUT2D eigenvalue weighted by Gasteiger charge is -2.11. The van der Waals surface area contributed by atoms with Gasteiger partial charge >= 0.3 is 0 Å². The smallest absolute Gasteiger partial charge is 0.124 e. The van der Waals surface area contributed by atoms with Gasteiger partial charge in [0, 0.05) is 11.8 Å². The van der Waals surface area contributed by atoms with Gasteiger partial charge in [-0.1, -0.05) is 60.7 Å². The molecule has 29 heavy (non-hydrogen) atoms. The molecule has 0 heterocycles. The molecular weight excluding hydrogens is 358 g/mol. The summed E-state index contributed by atoms with van der Waals surface area (Å²) >= 11 is 0. The molecule has 0 aromatic heterocycles. The fraction of sp³-hybridized carbons (Fsp3) is 0.0800. The molecule has 4 aromatic carbocycles. The van der Waals surface area contributed by atoms with Crippen LogP contribution in [-0.4, -0.2) is 11.3 Å². The molecule has 0 saturated carbocycles. The second-order valence-electron chi connectivity index (χ2n) is 6.80. The number of aliphatic imine (C=N–C) groups is 1. The minimum absolute atomic E-state index is 0.0462. The molecule has 4 rings (SSSR count). The first-order valence-electron chi connectivity index (χ1n) is 9.51. The Morgan fingerprint density at radius 3 is 2.34 bits per heavy atom. The minimum Gasteiger partial charge on any atom is -0.507 e. The van der Waals surface area contributed by atoms with Crippen LogP contribution in [0, 0.1) is 0 Å². The fourth-order valence-electron chi connectivity index (χ4n) is 3.20. The van der Waals surface area contributed by atoms with Crippen molar-refractivity contribution in [2.45, 2.75) is 13.0 Å². The first-order valence-corrected chi connectivity index (χ1v) is 9.51. The summed E-state index contributed by atoms with van der Waals surface area (Å²) in [6.07, 6.45) is 1.70. The number of benzene rings is 4. The van der Waals surface area contributed by atoms with Crippen molar-refractivity contribution in [1.29, 1.82) is 0 Å². The fourth-order valence-corrected chi connectivity index (χ4v) is 3.20. The predicted octanol–water partition coefficient (Wildman–Crippen LogP) is 7.14. The van der Waals surface area contributed by atoms with Crippen molar-refractivity contribution in [2.75, 3.05) is 0 Å². The highest BCUT2D eigenvalue weighted by atomic mass is 16.3. The van der Waals surface area contributed by atoms with Gasteiger partial charge in [-0.3, -0.25) is 4.99 Å². The summed E-state index contributed by atoms with van der Waals surface area (Å²) in [5, 5.41) is 21.1. The van der Waals surface area contributed by atoms with Gasteiger partial charge < -0.3 is 5.11 Å². The summed E-state index contributed by atoms with van der Waals surface area (Å²) in [6, 6.07) is 29.1. The van der Waals surface area contributed by atoms with Crippen LogP contribution in [0.25, 0.3) is 10.8 Å². The third-order valence-corrected chi connectivity index (χ3v) is 4.76. The molecule has 0 spiro atoms. The lowest BCUT2D eigenvalue weighted by atomic mass is 10.00. The summed E-state index contributed by atoms with van der Waals surface area (Å²) < 4.78 is 0. The lowest BCUT2D eigenvalue weighted by Crippen LogP contribution is -1.93. The van der Waals surface area contributed by atoms with Gasteiger partial charge in [0.1, 0.15) is 5.75 Å². The third kappa shape index (κ3) is 4.38. The van der Waals surface area contributed by atoms with Crippen LogP contribution in [0.5, 0.6) is 5.75 Å². The normalized spacial score (nSPS) is 12.7. The van der Waals surface area contributed by atoms with E-state index in [1.54, 1.807) is 24.4 Å². The van der Waals surface area contributed by atoms with E-state index in [1.165, 1.54) is 10.8 Å². The zero-order valence-corrected chi connectivity index (χ0v) is 16.1. The Bertz CT molecular complexity index is 1180. The van der Waals surface area contributed by atoms with Crippen molar-refractivity contribution >= 4 is 28.4 Å². The average molecular weight is 379 g/mol. The van der Waals surface area contributed by atoms with Crippen molar-refractivity contribution in [2.24, 2.45) is 15.2 Å². The number of hydrogen-bond donors (Lipinski definition) is 1. The van der Waals surface area contributed by atoms with Crippen LogP contribution in [-0.2, 0) is 0 Å². The molecule has 0 fully saturated rings. The van der Waals surface area contributed by atoms with Crippen molar-refractivity contribution in [3.05, 3.63) is 102 Å². The van der Waals surface area contributed by atoms with Gasteiger partial charge in [0.2, 0.25) is 0 Å². The van der Waals surface area contributed by atoms with Crippen LogP contribution in [0.1, 0.15) is 24.1 Å². The van der Waals surface area contributed by atoms with E-state index in [0.29, 0.717) is 11.3 Å². The minimum atomic E-state index is -0.0462. The van der Waals surface area contributed by atoms with Crippen LogP contribution >= 0.6 is 0 Å². The molecule has 4 aromatic rings. The zero-order chi connectivity index (χ0) is 20.1. The Morgan fingerprint density at radius 2 is 1.48 bits per heavy atom. The molecule has 1 atom stereocenters. The van der Waals surface area contributed by atoms with Crippen molar-refractivity contribution in [3.8, 4) is 5.75 Å². The van der Waals surface area contributed by atoms with E-state index in [1.807, 2.05) is 55.5 Å². The first-order chi connectivity index (χ1) is 14.2. The molecule has 0 aliphatic heterocycles. The Kier molecular flexibility index (Phi) is 5.43. The molecule has 4 nitrogen and oxygen atoms in total. The van der Waals surface area contributed by atoms with E-state index in [-0.39, 0.29) is 11.8 Å². The van der Waals surface area contributed by atoms with Crippen molar-refractivity contribution in [1.82, 2.24) is 0 Å². The molecule has 142 valence electrons. The molecule has 0 radical (unpaired) electrons. The average Bonchev–Trinajstić information content (AvgIpc) is 2.77. The summed E-state index contributed by atoms with van der Waals surface area (Å²) in [7, 11) is 0. The van der Waals surface area contributed by atoms with E-state index in [9.17, 15) is 5.11 Å². The van der Waals surface area contributed by atoms with E-state index in [0.717, 1.165) is 11.3 Å². The Hall–Kier alpha value is -3.79. The molecule has 0 saturated heterocycles. The number of nitrogens with zero attached hydrogens (tertiary/aromatic N) is 3. The molecule has 4 heteroatoms. The molecule has 0 aliphatic rings. The quantitative estimate of drug-likeness (QED) is 0.291. The van der Waals surface area contributed by atoms with E-state index >= 15 is 0 Å². The second-order valence-corrected chi connectivity index (χ2v) is 6.80. The van der Waals surface area contributed by atoms with Crippen LogP contribution in [0.2, 0.25) is 0 Å². The molecular formula is C25H21N3O. The van der Waals surface area contributed by atoms with Crippen LogP contribution in [0.15, 0.2) is 106 Å². The number of hydrogen-bond acceptors (Lipinski definition) is 4. The summed E-state index contributed by atoms with van der Waals surface area (Å²) in [4.78, 5) is 4.68. The molecule has 0 aliphatic carbocycles. The Morgan fingerprint density at radius 1 is 0.759 bits per heavy atom. The van der Waals surface area contributed by atoms with Gasteiger partial charge in [0.25, 0.3) is 0 Å². The topological polar surface area (TPSA) is 57.3 Å². The van der Waals surface area contributed by atoms with Gasteiger partial charge in [-0.15, -0.1) is 0 Å². The number of aromatic hydroxyl groups is 1. The summed E-state index contributed by atoms with van der Waals surface area (Å²) in [5.41, 5.74) is 3.20. The molecule has 1 N–H and O–H groups in total. The van der Waals surface area contributed by atoms with Gasteiger partial charge in [0.05, 0.1) is 17.4 Å². The molecule has 0 bridgehead atoms. The van der Waals surface area contributed by atoms with Crippen LogP contribution < -0.4 is 0 Å². The Balaban J connectivity index is 1.58. The van der Waals surface area contributed by atoms with Crippen LogP contribution in [0.4, 0.5) is 11.4 Å². The lowest BCUT2D eigenvalue weighted by molar-refractivity contribution is 0.474. The van der Waals surface area contributed by atoms with Crippen LogP contribution in [0.3, 0.4) is 0 Å². The van der Waals surface area contributed by atoms with E-state index < -0.39 is 0 Å². The van der Waals surface area contributed by atoms with E-state index in [2.05, 4.69) is 39.5 Å². The third-order valence-electron chi connectivity index (χ3n) is 4.76. The van der Waals surface area contributed by atoms with Gasteiger partial charge in [-0.2, -0.15) is 10.2 Å². The van der Waals surface area contributed by atoms with Gasteiger partial charge in [-0.05, 0) is 53.6 Å². The maximum Gasteiger partial charge on any atom is 0.124 e. The number of rotatable bonds is 5. The SMILES string of the molecule is C[C@@H](N=Cc1cc(N=Nc2ccccc2)ccc1O)c1cccc2ccccc12. The largest absolute Gasteiger partial charge is 0.507 e. The highest BCUT2D eigenvalue weighted by molar-refractivity contribution is 5.87. The molecule has 0 amide bonds. The number of phenolic OH excluding ortho intramolecular Hbond substituents is 1. The number of azo groups is 1. The standard InChI is InChI=1S/C25H21N3O/c1-18(23-13-7-9-19-8-5-6-12-24(19)23)26-17-20-16-22(14-15-25(20)29)28-27-21-10-3-2-4-11-21/h2-18,29H,1H3/t18-/m1/s1. The number of fused-ring (bicyclic) bond motifs is 1. The summed E-state index contributed by atoms with van der Waals surface area (Å²) in [5.74, 6) is 0.164.